The van der Waals surface area contributed by atoms with Gasteiger partial charge < -0.3 is 20.7 Å². The average Bonchev–Trinajstić information content (AvgIpc) is 3.48. The largest absolute Gasteiger partial charge is 0.383 e. The van der Waals surface area contributed by atoms with Gasteiger partial charge in [0, 0.05) is 26.4 Å². The number of nitrogens with zero attached hydrogens (tertiary/aromatic N) is 6. The minimum atomic E-state index is -0.722. The summed E-state index contributed by atoms with van der Waals surface area (Å²) in [6.45, 7) is 3.23. The van der Waals surface area contributed by atoms with Gasteiger partial charge in [-0.1, -0.05) is 6.92 Å². The number of anilines is 2. The number of ether oxygens (including phenoxy) is 1. The molecule has 180 valence electrons. The fraction of sp³-hybridized carbons (Fsp3) is 0.522. The number of nitrogen functional groups attached to an aromatic ring is 1. The molecule has 2 fully saturated rings. The lowest BCUT2D eigenvalue weighted by Gasteiger charge is -2.37. The highest BCUT2D eigenvalue weighted by atomic mass is 16.5. The first-order chi connectivity index (χ1) is 16.4. The van der Waals surface area contributed by atoms with Gasteiger partial charge in [-0.05, 0) is 44.1 Å². The summed E-state index contributed by atoms with van der Waals surface area (Å²) in [7, 11) is 1.84. The molecule has 34 heavy (non-hydrogen) atoms. The maximum absolute atomic E-state index is 13.4. The predicted molar refractivity (Wildman–Crippen MR) is 125 cm³/mol. The summed E-state index contributed by atoms with van der Waals surface area (Å²) in [5.41, 5.74) is 7.85. The summed E-state index contributed by atoms with van der Waals surface area (Å²) in [5, 5.41) is 12.3. The summed E-state index contributed by atoms with van der Waals surface area (Å²) < 4.78 is 9.33. The van der Waals surface area contributed by atoms with Crippen LogP contribution < -0.4 is 11.1 Å². The number of pyridine rings is 1. The van der Waals surface area contributed by atoms with Gasteiger partial charge in [0.05, 0.1) is 35.2 Å². The Morgan fingerprint density at radius 2 is 2.06 bits per heavy atom. The number of likely N-dealkylation sites (tertiary alicyclic amines) is 1. The van der Waals surface area contributed by atoms with Gasteiger partial charge in [-0.25, -0.2) is 9.67 Å². The molecule has 0 bridgehead atoms. The van der Waals surface area contributed by atoms with Crippen molar-refractivity contribution in [1.29, 1.82) is 0 Å². The molecule has 0 spiro atoms. The molecular weight excluding hydrogens is 436 g/mol. The van der Waals surface area contributed by atoms with E-state index in [-0.39, 0.29) is 12.3 Å². The summed E-state index contributed by atoms with van der Waals surface area (Å²) in [6, 6.07) is 1.66. The first-order valence-electron chi connectivity index (χ1n) is 11.8. The SMILES string of the molecule is CC1CCC(c2ccn(C)n2)N(C(=O)C(=O)Nc2cnc(N)c3cnn(C4CCCCO4)c23)C1. The van der Waals surface area contributed by atoms with Crippen molar-refractivity contribution in [3.05, 3.63) is 30.4 Å². The van der Waals surface area contributed by atoms with Gasteiger partial charge in [-0.3, -0.25) is 14.3 Å². The Kier molecular flexibility index (Phi) is 5.94. The number of hydrogen-bond donors (Lipinski definition) is 2. The average molecular weight is 467 g/mol. The Hall–Kier alpha value is -3.47. The quantitative estimate of drug-likeness (QED) is 0.566. The number of fused-ring (bicyclic) bond motifs is 1. The van der Waals surface area contributed by atoms with Gasteiger partial charge in [0.25, 0.3) is 0 Å². The number of nitrogens with one attached hydrogen (secondary N) is 1. The molecule has 11 nitrogen and oxygen atoms in total. The second kappa shape index (κ2) is 9.05. The van der Waals surface area contributed by atoms with E-state index >= 15 is 0 Å². The second-order valence-electron chi connectivity index (χ2n) is 9.25. The maximum Gasteiger partial charge on any atom is 0.314 e. The van der Waals surface area contributed by atoms with Crippen molar-refractivity contribution >= 4 is 34.2 Å². The standard InChI is InChI=1S/C23H30N8O3/c1-14-6-7-18(16-8-9-29(2)28-16)30(13-14)23(33)22(32)27-17-12-25-21(24)15-11-26-31(20(15)17)19-5-3-4-10-34-19/h8-9,11-12,14,18-19H,3-7,10,13H2,1-2H3,(H2,24,25)(H,27,32). The number of carbonyl (C=O) groups excluding carboxylic acids is 2. The molecule has 2 amide bonds. The van der Waals surface area contributed by atoms with Crippen molar-refractivity contribution in [1.82, 2.24) is 29.4 Å². The van der Waals surface area contributed by atoms with Gasteiger partial charge in [0.2, 0.25) is 0 Å². The van der Waals surface area contributed by atoms with Crippen molar-refractivity contribution in [2.24, 2.45) is 13.0 Å². The molecule has 5 heterocycles. The summed E-state index contributed by atoms with van der Waals surface area (Å²) in [6.07, 6.45) is 9.25. The van der Waals surface area contributed by atoms with Gasteiger partial charge in [-0.2, -0.15) is 10.2 Å². The first-order valence-corrected chi connectivity index (χ1v) is 11.8. The van der Waals surface area contributed by atoms with E-state index in [2.05, 4.69) is 27.4 Å². The third kappa shape index (κ3) is 4.11. The minimum absolute atomic E-state index is 0.235. The van der Waals surface area contributed by atoms with Gasteiger partial charge in [0.15, 0.2) is 6.23 Å². The van der Waals surface area contributed by atoms with Crippen molar-refractivity contribution in [2.75, 3.05) is 24.2 Å². The highest BCUT2D eigenvalue weighted by Crippen LogP contribution is 2.34. The number of piperidine rings is 1. The van der Waals surface area contributed by atoms with E-state index < -0.39 is 11.8 Å². The minimum Gasteiger partial charge on any atom is -0.383 e. The fourth-order valence-corrected chi connectivity index (χ4v) is 4.91. The molecule has 2 aliphatic rings. The Bertz CT molecular complexity index is 1210. The molecule has 2 aliphatic heterocycles. The Morgan fingerprint density at radius 1 is 1.21 bits per heavy atom. The lowest BCUT2D eigenvalue weighted by molar-refractivity contribution is -0.146. The summed E-state index contributed by atoms with van der Waals surface area (Å²) in [5.74, 6) is -0.708. The van der Waals surface area contributed by atoms with Crippen molar-refractivity contribution < 1.29 is 14.3 Å². The number of carbonyl (C=O) groups is 2. The van der Waals surface area contributed by atoms with Crippen molar-refractivity contribution in [3.8, 4) is 0 Å². The monoisotopic (exact) mass is 466 g/mol. The smallest absolute Gasteiger partial charge is 0.314 e. The number of nitrogens with two attached hydrogens (primary N) is 1. The molecule has 5 rings (SSSR count). The van der Waals surface area contributed by atoms with E-state index in [0.29, 0.717) is 41.5 Å². The summed E-state index contributed by atoms with van der Waals surface area (Å²) >= 11 is 0. The third-order valence-corrected chi connectivity index (χ3v) is 6.68. The van der Waals surface area contributed by atoms with Crippen LogP contribution in [0, 0.1) is 5.92 Å². The van der Waals surface area contributed by atoms with E-state index in [9.17, 15) is 9.59 Å². The van der Waals surface area contributed by atoms with E-state index in [1.54, 1.807) is 20.5 Å². The molecule has 3 N–H and O–H groups in total. The zero-order valence-corrected chi connectivity index (χ0v) is 19.5. The normalized spacial score (nSPS) is 23.2. The molecule has 0 saturated carbocycles. The van der Waals surface area contributed by atoms with E-state index in [4.69, 9.17) is 10.5 Å². The lowest BCUT2D eigenvalue weighted by Crippen LogP contribution is -2.46. The summed E-state index contributed by atoms with van der Waals surface area (Å²) in [4.78, 5) is 32.4. The molecule has 2 saturated heterocycles. The lowest BCUT2D eigenvalue weighted by atomic mass is 9.92. The number of hydrogen-bond acceptors (Lipinski definition) is 7. The molecular formula is C23H30N8O3. The highest BCUT2D eigenvalue weighted by Gasteiger charge is 2.35. The van der Waals surface area contributed by atoms with E-state index in [1.165, 1.54) is 6.20 Å². The van der Waals surface area contributed by atoms with Crippen LogP contribution in [0.15, 0.2) is 24.7 Å². The second-order valence-corrected chi connectivity index (χ2v) is 9.25. The van der Waals surface area contributed by atoms with Crippen LogP contribution in [0.25, 0.3) is 10.9 Å². The number of aryl methyl sites for hydroxylation is 1. The Labute approximate surface area is 197 Å². The van der Waals surface area contributed by atoms with Crippen LogP contribution in [0.5, 0.6) is 0 Å². The van der Waals surface area contributed by atoms with E-state index in [1.807, 2.05) is 19.3 Å². The number of amides is 2. The van der Waals surface area contributed by atoms with Crippen molar-refractivity contribution in [3.63, 3.8) is 0 Å². The Balaban J connectivity index is 1.43. The first kappa shape index (κ1) is 22.3. The molecule has 3 unspecified atom stereocenters. The van der Waals surface area contributed by atoms with Crippen LogP contribution >= 0.6 is 0 Å². The Morgan fingerprint density at radius 3 is 2.79 bits per heavy atom. The molecule has 3 atom stereocenters. The van der Waals surface area contributed by atoms with Gasteiger partial charge >= 0.3 is 11.8 Å². The topological polar surface area (TPSA) is 133 Å². The van der Waals surface area contributed by atoms with Crippen molar-refractivity contribution in [2.45, 2.75) is 51.3 Å². The molecule has 3 aromatic heterocycles. The molecule has 3 aromatic rings. The number of rotatable bonds is 3. The molecule has 11 heteroatoms. The molecule has 0 radical (unpaired) electrons. The zero-order valence-electron chi connectivity index (χ0n) is 19.5. The van der Waals surface area contributed by atoms with Crippen LogP contribution in [0.2, 0.25) is 0 Å². The zero-order chi connectivity index (χ0) is 23.8. The number of aromatic nitrogens is 5. The molecule has 0 aromatic carbocycles. The highest BCUT2D eigenvalue weighted by molar-refractivity contribution is 6.40. The predicted octanol–water partition coefficient (Wildman–Crippen LogP) is 2.38. The van der Waals surface area contributed by atoms with Crippen LogP contribution in [0.1, 0.15) is 57.0 Å². The fourth-order valence-electron chi connectivity index (χ4n) is 4.91. The van der Waals surface area contributed by atoms with Crippen LogP contribution in [0.3, 0.4) is 0 Å². The van der Waals surface area contributed by atoms with E-state index in [0.717, 1.165) is 37.8 Å². The van der Waals surface area contributed by atoms with Crippen LogP contribution in [-0.4, -0.2) is 54.4 Å². The third-order valence-electron chi connectivity index (χ3n) is 6.68. The molecule has 0 aliphatic carbocycles. The van der Waals surface area contributed by atoms with Gasteiger partial charge in [0.1, 0.15) is 11.3 Å². The van der Waals surface area contributed by atoms with Crippen LogP contribution in [-0.2, 0) is 21.4 Å². The van der Waals surface area contributed by atoms with Crippen LogP contribution in [0.4, 0.5) is 11.5 Å². The maximum atomic E-state index is 13.4. The van der Waals surface area contributed by atoms with Gasteiger partial charge in [-0.15, -0.1) is 0 Å².